The number of hydrogen-bond donors (Lipinski definition) is 5. The van der Waals surface area contributed by atoms with Crippen molar-refractivity contribution in [3.05, 3.63) is 0 Å². The summed E-state index contributed by atoms with van der Waals surface area (Å²) in [6.45, 7) is 3.87. The zero-order valence-corrected chi connectivity index (χ0v) is 16.8. The first kappa shape index (κ1) is 24.3. The van der Waals surface area contributed by atoms with E-state index in [1.807, 2.05) is 13.8 Å². The van der Waals surface area contributed by atoms with Gasteiger partial charge in [-0.1, -0.05) is 13.8 Å². The summed E-state index contributed by atoms with van der Waals surface area (Å²) >= 11 is 0. The van der Waals surface area contributed by atoms with Gasteiger partial charge in [-0.25, -0.2) is 4.79 Å². The molecule has 1 rings (SSSR count). The summed E-state index contributed by atoms with van der Waals surface area (Å²) in [5.74, 6) is -3.33. The summed E-state index contributed by atoms with van der Waals surface area (Å²) in [4.78, 5) is 61.0. The van der Waals surface area contributed by atoms with Crippen LogP contribution in [-0.2, 0) is 24.0 Å². The number of carbonyl (C=O) groups is 5. The molecule has 0 spiro atoms. The average Bonchev–Trinajstić information content (AvgIpc) is 3.12. The predicted octanol–water partition coefficient (Wildman–Crippen LogP) is -1.70. The minimum atomic E-state index is -1.29. The van der Waals surface area contributed by atoms with Crippen LogP contribution in [0.4, 0.5) is 0 Å². The first-order chi connectivity index (χ1) is 13.6. The SMILES string of the molecule is CC(C)CC(NC(=O)CN)C(=O)N1CCCC1C(=O)NC(CCC(N)=O)C(=O)O. The summed E-state index contributed by atoms with van der Waals surface area (Å²) in [6, 6.07) is -2.94. The number of aliphatic carboxylic acids is 1. The Kier molecular flexibility index (Phi) is 9.53. The number of rotatable bonds is 11. The average molecular weight is 413 g/mol. The Hall–Kier alpha value is -2.69. The van der Waals surface area contributed by atoms with Crippen LogP contribution >= 0.6 is 0 Å². The summed E-state index contributed by atoms with van der Waals surface area (Å²) in [7, 11) is 0. The number of carbonyl (C=O) groups excluding carboxylic acids is 4. The number of nitrogens with zero attached hydrogens (tertiary/aromatic N) is 1. The molecule has 0 radical (unpaired) electrons. The van der Waals surface area contributed by atoms with Crippen molar-refractivity contribution in [2.75, 3.05) is 13.1 Å². The maximum Gasteiger partial charge on any atom is 0.326 e. The third-order valence-electron chi connectivity index (χ3n) is 4.66. The number of primary amides is 1. The van der Waals surface area contributed by atoms with E-state index in [-0.39, 0.29) is 25.3 Å². The largest absolute Gasteiger partial charge is 0.480 e. The van der Waals surface area contributed by atoms with Crippen molar-refractivity contribution in [2.24, 2.45) is 17.4 Å². The fraction of sp³-hybridized carbons (Fsp3) is 0.722. The molecule has 1 heterocycles. The number of nitrogens with two attached hydrogens (primary N) is 2. The molecule has 4 amide bonds. The van der Waals surface area contributed by atoms with Gasteiger partial charge in [0.05, 0.1) is 6.54 Å². The lowest BCUT2D eigenvalue weighted by molar-refractivity contribution is -0.145. The molecule has 11 heteroatoms. The Bertz CT molecular complexity index is 638. The lowest BCUT2D eigenvalue weighted by atomic mass is 10.0. The lowest BCUT2D eigenvalue weighted by Crippen LogP contribution is -2.56. The van der Waals surface area contributed by atoms with E-state index in [9.17, 15) is 29.1 Å². The molecule has 0 aromatic rings. The van der Waals surface area contributed by atoms with Crippen LogP contribution in [0.3, 0.4) is 0 Å². The van der Waals surface area contributed by atoms with Crippen molar-refractivity contribution >= 4 is 29.6 Å². The van der Waals surface area contributed by atoms with Gasteiger partial charge in [0, 0.05) is 13.0 Å². The smallest absolute Gasteiger partial charge is 0.326 e. The highest BCUT2D eigenvalue weighted by atomic mass is 16.4. The number of amides is 4. The van der Waals surface area contributed by atoms with Gasteiger partial charge in [-0.05, 0) is 31.6 Å². The van der Waals surface area contributed by atoms with Gasteiger partial charge in [-0.3, -0.25) is 19.2 Å². The van der Waals surface area contributed by atoms with E-state index in [1.165, 1.54) is 4.90 Å². The molecule has 7 N–H and O–H groups in total. The molecular weight excluding hydrogens is 382 g/mol. The normalized spacial score (nSPS) is 18.2. The molecular formula is C18H31N5O6. The number of nitrogens with one attached hydrogen (secondary N) is 2. The van der Waals surface area contributed by atoms with Gasteiger partial charge in [0.15, 0.2) is 0 Å². The van der Waals surface area contributed by atoms with Crippen molar-refractivity contribution < 1.29 is 29.1 Å². The Morgan fingerprint density at radius 2 is 1.79 bits per heavy atom. The van der Waals surface area contributed by atoms with Crippen LogP contribution in [-0.4, -0.2) is 70.8 Å². The molecule has 29 heavy (non-hydrogen) atoms. The summed E-state index contributed by atoms with van der Waals surface area (Å²) in [6.07, 6.45) is 0.999. The summed E-state index contributed by atoms with van der Waals surface area (Å²) in [5, 5.41) is 14.2. The van der Waals surface area contributed by atoms with E-state index < -0.39 is 47.7 Å². The summed E-state index contributed by atoms with van der Waals surface area (Å²) < 4.78 is 0. The van der Waals surface area contributed by atoms with Gasteiger partial charge >= 0.3 is 5.97 Å². The van der Waals surface area contributed by atoms with Gasteiger partial charge < -0.3 is 32.1 Å². The minimum Gasteiger partial charge on any atom is -0.480 e. The van der Waals surface area contributed by atoms with Gasteiger partial charge in [-0.2, -0.15) is 0 Å². The Morgan fingerprint density at radius 3 is 2.31 bits per heavy atom. The third-order valence-corrected chi connectivity index (χ3v) is 4.66. The molecule has 0 bridgehead atoms. The first-order valence-corrected chi connectivity index (χ1v) is 9.68. The fourth-order valence-corrected chi connectivity index (χ4v) is 3.26. The van der Waals surface area contributed by atoms with Crippen molar-refractivity contribution in [3.63, 3.8) is 0 Å². The van der Waals surface area contributed by atoms with E-state index in [1.54, 1.807) is 0 Å². The van der Waals surface area contributed by atoms with Crippen LogP contribution in [0.25, 0.3) is 0 Å². The Labute approximate surface area is 169 Å². The van der Waals surface area contributed by atoms with Crippen LogP contribution in [0.5, 0.6) is 0 Å². The van der Waals surface area contributed by atoms with E-state index in [0.717, 1.165) is 0 Å². The van der Waals surface area contributed by atoms with E-state index in [0.29, 0.717) is 25.8 Å². The number of likely N-dealkylation sites (tertiary alicyclic amines) is 1. The molecule has 1 aliphatic heterocycles. The molecule has 164 valence electrons. The zero-order chi connectivity index (χ0) is 22.1. The predicted molar refractivity (Wildman–Crippen MR) is 103 cm³/mol. The highest BCUT2D eigenvalue weighted by molar-refractivity contribution is 5.94. The second kappa shape index (κ2) is 11.3. The van der Waals surface area contributed by atoms with Crippen molar-refractivity contribution in [1.82, 2.24) is 15.5 Å². The van der Waals surface area contributed by atoms with Gasteiger partial charge in [-0.15, -0.1) is 0 Å². The number of carboxylic acid groups (broad SMARTS) is 1. The second-order valence-electron chi connectivity index (χ2n) is 7.55. The molecule has 0 aliphatic carbocycles. The van der Waals surface area contributed by atoms with Crippen molar-refractivity contribution in [3.8, 4) is 0 Å². The number of hydrogen-bond acceptors (Lipinski definition) is 6. The van der Waals surface area contributed by atoms with Crippen LogP contribution in [0, 0.1) is 5.92 Å². The molecule has 1 fully saturated rings. The van der Waals surface area contributed by atoms with Crippen LogP contribution < -0.4 is 22.1 Å². The molecule has 11 nitrogen and oxygen atoms in total. The quantitative estimate of drug-likeness (QED) is 0.267. The second-order valence-corrected chi connectivity index (χ2v) is 7.55. The first-order valence-electron chi connectivity index (χ1n) is 9.68. The Balaban J connectivity index is 2.88. The molecule has 1 saturated heterocycles. The molecule has 0 aromatic carbocycles. The topological polar surface area (TPSA) is 185 Å². The molecule has 3 atom stereocenters. The van der Waals surface area contributed by atoms with Crippen LogP contribution in [0.1, 0.15) is 46.0 Å². The monoisotopic (exact) mass is 413 g/mol. The van der Waals surface area contributed by atoms with Gasteiger partial charge in [0.1, 0.15) is 18.1 Å². The highest BCUT2D eigenvalue weighted by Crippen LogP contribution is 2.21. The van der Waals surface area contributed by atoms with E-state index >= 15 is 0 Å². The maximum absolute atomic E-state index is 13.0. The minimum absolute atomic E-state index is 0.113. The molecule has 1 aliphatic rings. The Morgan fingerprint density at radius 1 is 1.14 bits per heavy atom. The van der Waals surface area contributed by atoms with Crippen molar-refractivity contribution in [1.29, 1.82) is 0 Å². The third kappa shape index (κ3) is 7.68. The molecule has 3 unspecified atom stereocenters. The van der Waals surface area contributed by atoms with Gasteiger partial charge in [0.25, 0.3) is 0 Å². The number of carboxylic acids is 1. The zero-order valence-electron chi connectivity index (χ0n) is 16.8. The molecule has 0 saturated carbocycles. The maximum atomic E-state index is 13.0. The van der Waals surface area contributed by atoms with Crippen LogP contribution in [0.15, 0.2) is 0 Å². The van der Waals surface area contributed by atoms with Crippen molar-refractivity contribution in [2.45, 2.75) is 64.1 Å². The van der Waals surface area contributed by atoms with E-state index in [2.05, 4.69) is 10.6 Å². The van der Waals surface area contributed by atoms with E-state index in [4.69, 9.17) is 11.5 Å². The fourth-order valence-electron chi connectivity index (χ4n) is 3.26. The standard InChI is InChI=1S/C18H31N5O6/c1-10(2)8-12(21-15(25)9-19)17(27)23-7-3-4-13(23)16(26)22-11(18(28)29)5-6-14(20)24/h10-13H,3-9,19H2,1-2H3,(H2,20,24)(H,21,25)(H,22,26)(H,28,29). The lowest BCUT2D eigenvalue weighted by Gasteiger charge is -2.30. The van der Waals surface area contributed by atoms with Gasteiger partial charge in [0.2, 0.25) is 23.6 Å². The summed E-state index contributed by atoms with van der Waals surface area (Å²) in [5.41, 5.74) is 10.4. The molecule has 0 aromatic heterocycles. The highest BCUT2D eigenvalue weighted by Gasteiger charge is 2.38. The van der Waals surface area contributed by atoms with Crippen LogP contribution in [0.2, 0.25) is 0 Å².